The van der Waals surface area contributed by atoms with Gasteiger partial charge in [-0.3, -0.25) is 9.59 Å². The van der Waals surface area contributed by atoms with E-state index in [1.54, 1.807) is 21.6 Å². The molecule has 0 spiro atoms. The molecule has 0 aromatic heterocycles. The minimum atomic E-state index is -0.293. The third-order valence-corrected chi connectivity index (χ3v) is 4.74. The first-order valence-electron chi connectivity index (χ1n) is 7.12. The van der Waals surface area contributed by atoms with Crippen LogP contribution in [0, 0.1) is 0 Å². The van der Waals surface area contributed by atoms with E-state index in [2.05, 4.69) is 5.32 Å². The zero-order valence-corrected chi connectivity index (χ0v) is 14.4. The van der Waals surface area contributed by atoms with Crippen molar-refractivity contribution in [3.8, 4) is 0 Å². The van der Waals surface area contributed by atoms with E-state index in [1.165, 1.54) is 0 Å². The monoisotopic (exact) mass is 338 g/mol. The van der Waals surface area contributed by atoms with Crippen LogP contribution in [0.25, 0.3) is 0 Å². The van der Waals surface area contributed by atoms with Crippen molar-refractivity contribution in [3.05, 3.63) is 0 Å². The van der Waals surface area contributed by atoms with Crippen LogP contribution in [-0.2, 0) is 19.1 Å². The Bertz CT molecular complexity index is 287. The van der Waals surface area contributed by atoms with Crippen molar-refractivity contribution in [1.29, 1.82) is 0 Å². The third-order valence-electron chi connectivity index (χ3n) is 2.33. The number of amides is 2. The smallest absolute Gasteiger partial charge is 0.220 e. The summed E-state index contributed by atoms with van der Waals surface area (Å²) < 4.78 is 10.8. The largest absolute Gasteiger partial charge is 0.370 e. The van der Waals surface area contributed by atoms with Gasteiger partial charge in [0.2, 0.25) is 11.8 Å². The number of carbonyl (C=O) groups is 2. The average molecular weight is 338 g/mol. The molecule has 124 valence electrons. The van der Waals surface area contributed by atoms with Crippen LogP contribution in [0.4, 0.5) is 0 Å². The summed E-state index contributed by atoms with van der Waals surface area (Å²) in [5, 5.41) is 2.84. The molecular formula is C13H26N2O4S2. The van der Waals surface area contributed by atoms with Crippen molar-refractivity contribution in [3.63, 3.8) is 0 Å². The van der Waals surface area contributed by atoms with Crippen molar-refractivity contribution >= 4 is 33.4 Å². The molecule has 3 N–H and O–H groups in total. The topological polar surface area (TPSA) is 90.6 Å². The Morgan fingerprint density at radius 1 is 1.10 bits per heavy atom. The molecule has 21 heavy (non-hydrogen) atoms. The fourth-order valence-electron chi connectivity index (χ4n) is 1.40. The summed E-state index contributed by atoms with van der Waals surface area (Å²) >= 11 is 0. The van der Waals surface area contributed by atoms with Gasteiger partial charge in [0.15, 0.2) is 6.29 Å². The number of rotatable bonds is 14. The van der Waals surface area contributed by atoms with Gasteiger partial charge in [-0.15, -0.1) is 0 Å². The average Bonchev–Trinajstić information content (AvgIpc) is 2.43. The number of primary amides is 1. The second-order valence-electron chi connectivity index (χ2n) is 4.09. The molecule has 2 amide bonds. The standard InChI is InChI=1S/C13H26N2O4S2/c1-3-18-13(19-4-2)5-8-15-12(17)7-10-21-20-9-6-11(14)16/h13H,3-10H2,1-2H3,(H2,14,16)(H,15,17). The van der Waals surface area contributed by atoms with Crippen molar-refractivity contribution in [2.45, 2.75) is 39.4 Å². The van der Waals surface area contributed by atoms with Crippen molar-refractivity contribution in [2.75, 3.05) is 31.3 Å². The van der Waals surface area contributed by atoms with Crippen molar-refractivity contribution in [2.24, 2.45) is 5.73 Å². The van der Waals surface area contributed by atoms with Crippen LogP contribution in [0.15, 0.2) is 0 Å². The summed E-state index contributed by atoms with van der Waals surface area (Å²) in [6, 6.07) is 0. The second-order valence-corrected chi connectivity index (χ2v) is 6.79. The lowest BCUT2D eigenvalue weighted by atomic mass is 10.3. The normalized spacial score (nSPS) is 10.8. The fraction of sp³-hybridized carbons (Fsp3) is 0.846. The summed E-state index contributed by atoms with van der Waals surface area (Å²) in [5.74, 6) is 1.13. The summed E-state index contributed by atoms with van der Waals surface area (Å²) in [6.45, 7) is 5.56. The molecule has 0 atom stereocenters. The number of ether oxygens (including phenoxy) is 2. The van der Waals surface area contributed by atoms with E-state index in [-0.39, 0.29) is 18.1 Å². The summed E-state index contributed by atoms with van der Waals surface area (Å²) in [7, 11) is 3.14. The Morgan fingerprint density at radius 3 is 2.19 bits per heavy atom. The fourth-order valence-corrected chi connectivity index (χ4v) is 3.39. The lowest BCUT2D eigenvalue weighted by Crippen LogP contribution is -2.29. The maximum Gasteiger partial charge on any atom is 0.220 e. The van der Waals surface area contributed by atoms with Gasteiger partial charge in [-0.2, -0.15) is 0 Å². The SMILES string of the molecule is CCOC(CCNC(=O)CCSSCCC(N)=O)OCC. The van der Waals surface area contributed by atoms with Crippen LogP contribution < -0.4 is 11.1 Å². The van der Waals surface area contributed by atoms with E-state index in [0.29, 0.717) is 44.8 Å². The zero-order valence-electron chi connectivity index (χ0n) is 12.8. The van der Waals surface area contributed by atoms with Gasteiger partial charge in [0, 0.05) is 50.5 Å². The zero-order chi connectivity index (χ0) is 15.9. The van der Waals surface area contributed by atoms with Gasteiger partial charge in [-0.1, -0.05) is 21.6 Å². The third kappa shape index (κ3) is 14.3. The maximum atomic E-state index is 11.6. The highest BCUT2D eigenvalue weighted by Crippen LogP contribution is 2.22. The molecule has 6 nitrogen and oxygen atoms in total. The molecule has 8 heteroatoms. The van der Waals surface area contributed by atoms with Gasteiger partial charge in [-0.05, 0) is 13.8 Å². The van der Waals surface area contributed by atoms with E-state index in [0.717, 1.165) is 5.75 Å². The minimum absolute atomic E-state index is 0.0183. The molecule has 0 saturated carbocycles. The first-order valence-corrected chi connectivity index (χ1v) is 9.61. The lowest BCUT2D eigenvalue weighted by Gasteiger charge is -2.16. The molecule has 0 aromatic carbocycles. The predicted octanol–water partition coefficient (Wildman–Crippen LogP) is 1.54. The number of carbonyl (C=O) groups excluding carboxylic acids is 2. The molecule has 0 fully saturated rings. The Labute approximate surface area is 134 Å². The van der Waals surface area contributed by atoms with E-state index in [1.807, 2.05) is 13.8 Å². The van der Waals surface area contributed by atoms with Gasteiger partial charge in [-0.25, -0.2) is 0 Å². The number of nitrogens with two attached hydrogens (primary N) is 1. The predicted molar refractivity (Wildman–Crippen MR) is 88.0 cm³/mol. The summed E-state index contributed by atoms with van der Waals surface area (Å²) in [6.07, 6.45) is 1.23. The molecule has 0 heterocycles. The van der Waals surface area contributed by atoms with E-state index < -0.39 is 0 Å². The molecule has 0 bridgehead atoms. The first-order chi connectivity index (χ1) is 10.1. The molecule has 0 radical (unpaired) electrons. The van der Waals surface area contributed by atoms with E-state index in [9.17, 15) is 9.59 Å². The Morgan fingerprint density at radius 2 is 1.67 bits per heavy atom. The van der Waals surface area contributed by atoms with Gasteiger partial charge < -0.3 is 20.5 Å². The molecule has 0 aliphatic rings. The van der Waals surface area contributed by atoms with Gasteiger partial charge in [0.1, 0.15) is 0 Å². The number of nitrogens with one attached hydrogen (secondary N) is 1. The molecule has 0 rings (SSSR count). The highest BCUT2D eigenvalue weighted by Gasteiger charge is 2.08. The van der Waals surface area contributed by atoms with Gasteiger partial charge >= 0.3 is 0 Å². The van der Waals surface area contributed by atoms with Gasteiger partial charge in [0.05, 0.1) is 0 Å². The van der Waals surface area contributed by atoms with Crippen LogP contribution >= 0.6 is 21.6 Å². The van der Waals surface area contributed by atoms with Gasteiger partial charge in [0.25, 0.3) is 0 Å². The summed E-state index contributed by atoms with van der Waals surface area (Å²) in [5.41, 5.74) is 5.03. The highest BCUT2D eigenvalue weighted by atomic mass is 33.1. The van der Waals surface area contributed by atoms with E-state index in [4.69, 9.17) is 15.2 Å². The molecule has 0 aliphatic carbocycles. The van der Waals surface area contributed by atoms with Crippen LogP contribution in [-0.4, -0.2) is 49.4 Å². The molecule has 0 unspecified atom stereocenters. The lowest BCUT2D eigenvalue weighted by molar-refractivity contribution is -0.139. The maximum absolute atomic E-state index is 11.6. The number of hydrogen-bond donors (Lipinski definition) is 2. The Kier molecular flexibility index (Phi) is 14.2. The Balaban J connectivity index is 3.50. The van der Waals surface area contributed by atoms with Crippen molar-refractivity contribution in [1.82, 2.24) is 5.32 Å². The number of hydrogen-bond acceptors (Lipinski definition) is 6. The molecule has 0 saturated heterocycles. The van der Waals surface area contributed by atoms with Crippen LogP contribution in [0.5, 0.6) is 0 Å². The highest BCUT2D eigenvalue weighted by molar-refractivity contribution is 8.76. The van der Waals surface area contributed by atoms with Crippen molar-refractivity contribution < 1.29 is 19.1 Å². The molecule has 0 aromatic rings. The van der Waals surface area contributed by atoms with Crippen LogP contribution in [0.2, 0.25) is 0 Å². The van der Waals surface area contributed by atoms with Crippen LogP contribution in [0.3, 0.4) is 0 Å². The summed E-state index contributed by atoms with van der Waals surface area (Å²) in [4.78, 5) is 22.1. The Hall–Kier alpha value is -0.440. The molecular weight excluding hydrogens is 312 g/mol. The van der Waals surface area contributed by atoms with Crippen LogP contribution in [0.1, 0.15) is 33.1 Å². The first kappa shape index (κ1) is 20.6. The second kappa shape index (κ2) is 14.5. The van der Waals surface area contributed by atoms with E-state index >= 15 is 0 Å². The molecule has 0 aliphatic heterocycles. The minimum Gasteiger partial charge on any atom is -0.370 e. The quantitative estimate of drug-likeness (QED) is 0.284.